The summed E-state index contributed by atoms with van der Waals surface area (Å²) in [6.45, 7) is 2.00. The van der Waals surface area contributed by atoms with Crippen molar-refractivity contribution in [3.05, 3.63) is 12.2 Å². The van der Waals surface area contributed by atoms with Gasteiger partial charge in [0.15, 0.2) is 0 Å². The van der Waals surface area contributed by atoms with Crippen molar-refractivity contribution in [2.24, 2.45) is 0 Å². The smallest absolute Gasteiger partial charge is 0.306 e. The van der Waals surface area contributed by atoms with Crippen LogP contribution in [0.3, 0.4) is 0 Å². The minimum Gasteiger partial charge on any atom is -0.466 e. The summed E-state index contributed by atoms with van der Waals surface area (Å²) < 4.78 is 29.4. The number of carbonyl (C=O) groups excluding carboxylic acids is 1. The van der Waals surface area contributed by atoms with Crippen molar-refractivity contribution in [2.45, 2.75) is 19.9 Å². The van der Waals surface area contributed by atoms with Gasteiger partial charge in [-0.1, -0.05) is 0 Å². The quantitative estimate of drug-likeness (QED) is 0.674. The van der Waals surface area contributed by atoms with E-state index < -0.39 is 16.0 Å². The first-order valence-corrected chi connectivity index (χ1v) is 7.00. The zero-order valence-corrected chi connectivity index (χ0v) is 11.1. The van der Waals surface area contributed by atoms with Crippen LogP contribution in [0.25, 0.3) is 0 Å². The van der Waals surface area contributed by atoms with Crippen LogP contribution >= 0.6 is 0 Å². The maximum absolute atomic E-state index is 11.8. The molecular formula is C9H16N4O4S. The molecule has 0 unspecified atom stereocenters. The molecule has 1 rings (SSSR count). The number of sulfonamides is 1. The van der Waals surface area contributed by atoms with Crippen LogP contribution in [0.4, 0.5) is 0 Å². The molecule has 0 aliphatic carbocycles. The van der Waals surface area contributed by atoms with Crippen molar-refractivity contribution in [1.29, 1.82) is 0 Å². The highest BCUT2D eigenvalue weighted by Crippen LogP contribution is 2.05. The van der Waals surface area contributed by atoms with E-state index in [1.807, 2.05) is 0 Å². The highest BCUT2D eigenvalue weighted by atomic mass is 32.2. The van der Waals surface area contributed by atoms with E-state index >= 15 is 0 Å². The Morgan fingerprint density at radius 2 is 2.28 bits per heavy atom. The number of aromatic nitrogens is 3. The van der Waals surface area contributed by atoms with E-state index in [0.29, 0.717) is 5.82 Å². The molecule has 8 nitrogen and oxygen atoms in total. The number of hydrogen-bond donors (Lipinski definition) is 1. The summed E-state index contributed by atoms with van der Waals surface area (Å²) in [5, 5.41) is 6.19. The van der Waals surface area contributed by atoms with Gasteiger partial charge >= 0.3 is 5.97 Å². The lowest BCUT2D eigenvalue weighted by Crippen LogP contribution is -2.30. The molecule has 1 heterocycles. The zero-order chi connectivity index (χ0) is 13.6. The fourth-order valence-corrected chi connectivity index (χ4v) is 2.27. The lowest BCUT2D eigenvalue weighted by Gasteiger charge is -2.15. The minimum atomic E-state index is -3.51. The Morgan fingerprint density at radius 3 is 2.83 bits per heavy atom. The molecule has 0 bridgehead atoms. The maximum Gasteiger partial charge on any atom is 0.306 e. The molecule has 1 aromatic heterocycles. The van der Waals surface area contributed by atoms with Gasteiger partial charge in [-0.25, -0.2) is 13.4 Å². The minimum absolute atomic E-state index is 0.0885. The van der Waals surface area contributed by atoms with Crippen LogP contribution < -0.4 is 0 Å². The van der Waals surface area contributed by atoms with Gasteiger partial charge < -0.3 is 4.74 Å². The van der Waals surface area contributed by atoms with Crippen LogP contribution in [0.5, 0.6) is 0 Å². The average Bonchev–Trinajstić information content (AvgIpc) is 2.80. The second kappa shape index (κ2) is 6.45. The first-order chi connectivity index (χ1) is 8.45. The number of esters is 1. The molecule has 0 aliphatic heterocycles. The van der Waals surface area contributed by atoms with E-state index in [4.69, 9.17) is 0 Å². The number of nitrogens with one attached hydrogen (secondary N) is 1. The van der Waals surface area contributed by atoms with Gasteiger partial charge in [0, 0.05) is 7.05 Å². The van der Waals surface area contributed by atoms with E-state index in [-0.39, 0.29) is 25.3 Å². The van der Waals surface area contributed by atoms with E-state index in [2.05, 4.69) is 19.9 Å². The molecule has 0 fully saturated rings. The van der Waals surface area contributed by atoms with Crippen molar-refractivity contribution in [3.63, 3.8) is 0 Å². The summed E-state index contributed by atoms with van der Waals surface area (Å²) in [5.41, 5.74) is 0. The number of aromatic amines is 1. The molecule has 0 saturated heterocycles. The summed E-state index contributed by atoms with van der Waals surface area (Å²) in [6, 6.07) is 0. The highest BCUT2D eigenvalue weighted by Gasteiger charge is 2.20. The van der Waals surface area contributed by atoms with Crippen molar-refractivity contribution >= 4 is 16.0 Å². The summed E-state index contributed by atoms with van der Waals surface area (Å²) >= 11 is 0. The third-order valence-corrected chi connectivity index (χ3v) is 3.98. The Labute approximate surface area is 105 Å². The van der Waals surface area contributed by atoms with Gasteiger partial charge in [0.1, 0.15) is 12.2 Å². The van der Waals surface area contributed by atoms with Gasteiger partial charge in [0.05, 0.1) is 25.3 Å². The first kappa shape index (κ1) is 14.6. The Morgan fingerprint density at radius 1 is 1.56 bits per heavy atom. The Balaban J connectivity index is 2.50. The molecule has 1 aromatic rings. The fourth-order valence-electron chi connectivity index (χ4n) is 1.22. The van der Waals surface area contributed by atoms with E-state index in [1.54, 1.807) is 6.92 Å². The largest absolute Gasteiger partial charge is 0.466 e. The summed E-state index contributed by atoms with van der Waals surface area (Å²) in [5.74, 6) is -0.359. The lowest BCUT2D eigenvalue weighted by atomic mass is 10.5. The van der Waals surface area contributed by atoms with Gasteiger partial charge in [-0.2, -0.15) is 9.40 Å². The number of rotatable bonds is 7. The standard InChI is InChI=1S/C9H16N4O4S/c1-3-17-9(14)4-5-18(15,16)13(2)6-8-10-7-11-12-8/h7H,3-6H2,1-2H3,(H,10,11,12). The molecule has 0 aliphatic rings. The average molecular weight is 276 g/mol. The fraction of sp³-hybridized carbons (Fsp3) is 0.667. The molecule has 0 atom stereocenters. The molecule has 0 amide bonds. The maximum atomic E-state index is 11.8. The molecule has 0 spiro atoms. The number of nitrogens with zero attached hydrogens (tertiary/aromatic N) is 3. The Bertz CT molecular complexity index is 471. The topological polar surface area (TPSA) is 105 Å². The molecule has 0 saturated carbocycles. The van der Waals surface area contributed by atoms with Gasteiger partial charge in [0.2, 0.25) is 10.0 Å². The molecule has 0 radical (unpaired) electrons. The second-order valence-corrected chi connectivity index (χ2v) is 5.75. The SMILES string of the molecule is CCOC(=O)CCS(=O)(=O)N(C)Cc1ncn[nH]1. The number of carbonyl (C=O) groups is 1. The Hall–Kier alpha value is -1.48. The van der Waals surface area contributed by atoms with Crippen LogP contribution in [0.15, 0.2) is 6.33 Å². The molecule has 9 heteroatoms. The number of ether oxygens (including phenoxy) is 1. The van der Waals surface area contributed by atoms with Crippen LogP contribution in [0, 0.1) is 0 Å². The highest BCUT2D eigenvalue weighted by molar-refractivity contribution is 7.89. The third kappa shape index (κ3) is 4.41. The first-order valence-electron chi connectivity index (χ1n) is 5.39. The van der Waals surface area contributed by atoms with E-state index in [0.717, 1.165) is 4.31 Å². The van der Waals surface area contributed by atoms with Crippen molar-refractivity contribution in [3.8, 4) is 0 Å². The number of H-pyrrole nitrogens is 1. The summed E-state index contributed by atoms with van der Waals surface area (Å²) in [6.07, 6.45) is 1.14. The van der Waals surface area contributed by atoms with Crippen LogP contribution in [0.2, 0.25) is 0 Å². The normalized spacial score (nSPS) is 11.7. The molecular weight excluding hydrogens is 260 g/mol. The molecule has 18 heavy (non-hydrogen) atoms. The predicted octanol–water partition coefficient (Wildman–Crippen LogP) is -0.480. The van der Waals surface area contributed by atoms with Crippen LogP contribution in [-0.4, -0.2) is 53.3 Å². The van der Waals surface area contributed by atoms with E-state index in [9.17, 15) is 13.2 Å². The van der Waals surface area contributed by atoms with Crippen molar-refractivity contribution in [1.82, 2.24) is 19.5 Å². The second-order valence-electron chi connectivity index (χ2n) is 3.56. The van der Waals surface area contributed by atoms with Gasteiger partial charge in [0.25, 0.3) is 0 Å². The van der Waals surface area contributed by atoms with Crippen LogP contribution in [0.1, 0.15) is 19.2 Å². The third-order valence-electron chi connectivity index (χ3n) is 2.18. The lowest BCUT2D eigenvalue weighted by molar-refractivity contribution is -0.142. The zero-order valence-electron chi connectivity index (χ0n) is 10.3. The number of hydrogen-bond acceptors (Lipinski definition) is 6. The van der Waals surface area contributed by atoms with Gasteiger partial charge in [-0.15, -0.1) is 0 Å². The van der Waals surface area contributed by atoms with Crippen molar-refractivity contribution < 1.29 is 17.9 Å². The van der Waals surface area contributed by atoms with Crippen LogP contribution in [-0.2, 0) is 26.1 Å². The molecule has 1 N–H and O–H groups in total. The monoisotopic (exact) mass is 276 g/mol. The summed E-state index contributed by atoms with van der Waals surface area (Å²) in [4.78, 5) is 14.9. The molecule has 102 valence electrons. The molecule has 0 aromatic carbocycles. The van der Waals surface area contributed by atoms with E-state index in [1.165, 1.54) is 13.4 Å². The Kier molecular flexibility index (Phi) is 5.23. The predicted molar refractivity (Wildman–Crippen MR) is 62.9 cm³/mol. The summed E-state index contributed by atoms with van der Waals surface area (Å²) in [7, 11) is -2.09. The van der Waals surface area contributed by atoms with Crippen molar-refractivity contribution in [2.75, 3.05) is 19.4 Å². The van der Waals surface area contributed by atoms with Gasteiger partial charge in [-0.05, 0) is 6.92 Å². The van der Waals surface area contributed by atoms with Gasteiger partial charge in [-0.3, -0.25) is 9.89 Å².